The van der Waals surface area contributed by atoms with Crippen LogP contribution in [0.25, 0.3) is 0 Å². The molecule has 1 heterocycles. The number of carbonyl (C=O) groups is 1. The number of nitrogens with zero attached hydrogens (tertiary/aromatic N) is 2. The first-order chi connectivity index (χ1) is 8.04. The molecule has 1 aliphatic rings. The SMILES string of the molecule is CCC(C)N1CCN(C(C)CCC(=O)O)CC1. The average Bonchev–Trinajstić information content (AvgIpc) is 2.35. The molecule has 2 atom stereocenters. The second-order valence-corrected chi connectivity index (χ2v) is 5.11. The molecule has 1 saturated heterocycles. The highest BCUT2D eigenvalue weighted by molar-refractivity contribution is 5.66. The van der Waals surface area contributed by atoms with Gasteiger partial charge in [-0.25, -0.2) is 0 Å². The first-order valence-electron chi connectivity index (χ1n) is 6.74. The minimum atomic E-state index is -0.685. The zero-order chi connectivity index (χ0) is 12.8. The van der Waals surface area contributed by atoms with Gasteiger partial charge in [-0.05, 0) is 26.7 Å². The van der Waals surface area contributed by atoms with Gasteiger partial charge in [0.1, 0.15) is 0 Å². The normalized spacial score (nSPS) is 22.3. The van der Waals surface area contributed by atoms with Crippen LogP contribution in [0, 0.1) is 0 Å². The van der Waals surface area contributed by atoms with E-state index in [-0.39, 0.29) is 6.42 Å². The van der Waals surface area contributed by atoms with Crippen LogP contribution in [0.4, 0.5) is 0 Å². The molecular formula is C13H26N2O2. The molecular weight excluding hydrogens is 216 g/mol. The Morgan fingerprint density at radius 1 is 1.12 bits per heavy atom. The summed E-state index contributed by atoms with van der Waals surface area (Å²) in [5.74, 6) is -0.685. The summed E-state index contributed by atoms with van der Waals surface area (Å²) in [6, 6.07) is 1.07. The van der Waals surface area contributed by atoms with Gasteiger partial charge in [0.25, 0.3) is 0 Å². The van der Waals surface area contributed by atoms with E-state index >= 15 is 0 Å². The Morgan fingerprint density at radius 3 is 2.00 bits per heavy atom. The molecule has 100 valence electrons. The molecule has 0 bridgehead atoms. The lowest BCUT2D eigenvalue weighted by atomic mass is 10.1. The zero-order valence-corrected chi connectivity index (χ0v) is 11.4. The van der Waals surface area contributed by atoms with E-state index in [0.717, 1.165) is 32.6 Å². The Hall–Kier alpha value is -0.610. The number of piperazine rings is 1. The largest absolute Gasteiger partial charge is 0.481 e. The highest BCUT2D eigenvalue weighted by Gasteiger charge is 2.23. The van der Waals surface area contributed by atoms with Crippen molar-refractivity contribution >= 4 is 5.97 Å². The van der Waals surface area contributed by atoms with Crippen LogP contribution in [0.3, 0.4) is 0 Å². The maximum absolute atomic E-state index is 10.5. The van der Waals surface area contributed by atoms with Crippen LogP contribution in [-0.2, 0) is 4.79 Å². The summed E-state index contributed by atoms with van der Waals surface area (Å²) in [6.07, 6.45) is 2.25. The van der Waals surface area contributed by atoms with Gasteiger partial charge in [-0.1, -0.05) is 6.92 Å². The van der Waals surface area contributed by atoms with E-state index in [4.69, 9.17) is 5.11 Å². The summed E-state index contributed by atoms with van der Waals surface area (Å²) in [5, 5.41) is 8.68. The van der Waals surface area contributed by atoms with Crippen molar-refractivity contribution < 1.29 is 9.90 Å². The minimum absolute atomic E-state index is 0.284. The number of hydrogen-bond donors (Lipinski definition) is 1. The molecule has 0 aromatic carbocycles. The van der Waals surface area contributed by atoms with E-state index < -0.39 is 5.97 Å². The maximum Gasteiger partial charge on any atom is 0.303 e. The van der Waals surface area contributed by atoms with Crippen molar-refractivity contribution in [2.45, 2.75) is 52.1 Å². The van der Waals surface area contributed by atoms with Crippen molar-refractivity contribution in [1.82, 2.24) is 9.80 Å². The second kappa shape index (κ2) is 6.97. The molecule has 17 heavy (non-hydrogen) atoms. The van der Waals surface area contributed by atoms with Crippen molar-refractivity contribution in [2.75, 3.05) is 26.2 Å². The summed E-state index contributed by atoms with van der Waals surface area (Å²) >= 11 is 0. The molecule has 0 aromatic heterocycles. The van der Waals surface area contributed by atoms with Crippen LogP contribution in [0.5, 0.6) is 0 Å². The summed E-state index contributed by atoms with van der Waals surface area (Å²) in [6.45, 7) is 11.0. The van der Waals surface area contributed by atoms with Crippen LogP contribution in [0.2, 0.25) is 0 Å². The van der Waals surface area contributed by atoms with E-state index in [1.165, 1.54) is 6.42 Å². The van der Waals surface area contributed by atoms with E-state index in [1.54, 1.807) is 0 Å². The number of carboxylic acid groups (broad SMARTS) is 1. The molecule has 1 N–H and O–H groups in total. The molecule has 2 unspecified atom stereocenters. The van der Waals surface area contributed by atoms with Gasteiger partial charge in [-0.2, -0.15) is 0 Å². The first-order valence-corrected chi connectivity index (χ1v) is 6.74. The van der Waals surface area contributed by atoms with Crippen LogP contribution in [0.1, 0.15) is 40.0 Å². The zero-order valence-electron chi connectivity index (χ0n) is 11.4. The lowest BCUT2D eigenvalue weighted by molar-refractivity contribution is -0.137. The highest BCUT2D eigenvalue weighted by Crippen LogP contribution is 2.13. The van der Waals surface area contributed by atoms with Gasteiger partial charge in [0.2, 0.25) is 0 Å². The van der Waals surface area contributed by atoms with Crippen LogP contribution in [-0.4, -0.2) is 59.1 Å². The van der Waals surface area contributed by atoms with Gasteiger partial charge in [0.05, 0.1) is 0 Å². The van der Waals surface area contributed by atoms with Crippen molar-refractivity contribution in [1.29, 1.82) is 0 Å². The minimum Gasteiger partial charge on any atom is -0.481 e. The third-order valence-electron chi connectivity index (χ3n) is 3.96. The highest BCUT2D eigenvalue weighted by atomic mass is 16.4. The fourth-order valence-electron chi connectivity index (χ4n) is 2.39. The Labute approximate surface area is 105 Å². The topological polar surface area (TPSA) is 43.8 Å². The molecule has 4 nitrogen and oxygen atoms in total. The summed E-state index contributed by atoms with van der Waals surface area (Å²) in [4.78, 5) is 15.5. The van der Waals surface area contributed by atoms with E-state index in [9.17, 15) is 4.79 Å². The van der Waals surface area contributed by atoms with Gasteiger partial charge < -0.3 is 5.11 Å². The molecule has 4 heteroatoms. The third kappa shape index (κ3) is 4.64. The number of rotatable bonds is 6. The smallest absolute Gasteiger partial charge is 0.303 e. The molecule has 0 aromatic rings. The Balaban J connectivity index is 2.28. The van der Waals surface area contributed by atoms with E-state index in [1.807, 2.05) is 0 Å². The molecule has 0 amide bonds. The fraction of sp³-hybridized carbons (Fsp3) is 0.923. The predicted octanol–water partition coefficient (Wildman–Crippen LogP) is 1.66. The van der Waals surface area contributed by atoms with E-state index in [2.05, 4.69) is 30.6 Å². The molecule has 0 aliphatic carbocycles. The van der Waals surface area contributed by atoms with Gasteiger partial charge in [0.15, 0.2) is 0 Å². The molecule has 0 saturated carbocycles. The quantitative estimate of drug-likeness (QED) is 0.769. The number of aliphatic carboxylic acids is 1. The van der Waals surface area contributed by atoms with Crippen LogP contribution >= 0.6 is 0 Å². The third-order valence-corrected chi connectivity index (χ3v) is 3.96. The first kappa shape index (κ1) is 14.5. The summed E-state index contributed by atoms with van der Waals surface area (Å²) in [5.41, 5.74) is 0. The van der Waals surface area contributed by atoms with Gasteiger partial charge in [-0.3, -0.25) is 14.6 Å². The molecule has 1 rings (SSSR count). The molecule has 0 spiro atoms. The van der Waals surface area contributed by atoms with Crippen molar-refractivity contribution in [3.63, 3.8) is 0 Å². The van der Waals surface area contributed by atoms with Gasteiger partial charge >= 0.3 is 5.97 Å². The van der Waals surface area contributed by atoms with Crippen molar-refractivity contribution in [3.8, 4) is 0 Å². The Kier molecular flexibility index (Phi) is 5.92. The van der Waals surface area contributed by atoms with E-state index in [0.29, 0.717) is 12.1 Å². The van der Waals surface area contributed by atoms with Crippen LogP contribution < -0.4 is 0 Å². The number of carboxylic acids is 1. The Bertz CT molecular complexity index is 238. The fourth-order valence-corrected chi connectivity index (χ4v) is 2.39. The summed E-state index contributed by atoms with van der Waals surface area (Å²) in [7, 11) is 0. The van der Waals surface area contributed by atoms with Gasteiger partial charge in [-0.15, -0.1) is 0 Å². The standard InChI is InChI=1S/C13H26N2O2/c1-4-11(2)14-7-9-15(10-8-14)12(3)5-6-13(16)17/h11-12H,4-10H2,1-3H3,(H,16,17). The Morgan fingerprint density at radius 2 is 1.59 bits per heavy atom. The maximum atomic E-state index is 10.5. The van der Waals surface area contributed by atoms with Crippen molar-refractivity contribution in [3.05, 3.63) is 0 Å². The van der Waals surface area contributed by atoms with Crippen LogP contribution in [0.15, 0.2) is 0 Å². The molecule has 1 aliphatic heterocycles. The molecule has 1 fully saturated rings. The monoisotopic (exact) mass is 242 g/mol. The lowest BCUT2D eigenvalue weighted by Gasteiger charge is -2.40. The molecule has 0 radical (unpaired) electrons. The lowest BCUT2D eigenvalue weighted by Crippen LogP contribution is -2.51. The second-order valence-electron chi connectivity index (χ2n) is 5.11. The number of hydrogen-bond acceptors (Lipinski definition) is 3. The van der Waals surface area contributed by atoms with Gasteiger partial charge in [0, 0.05) is 44.7 Å². The van der Waals surface area contributed by atoms with Crippen molar-refractivity contribution in [2.24, 2.45) is 0 Å². The predicted molar refractivity (Wildman–Crippen MR) is 69.2 cm³/mol. The average molecular weight is 242 g/mol. The summed E-state index contributed by atoms with van der Waals surface area (Å²) < 4.78 is 0.